The number of thioether (sulfide) groups is 1. The lowest BCUT2D eigenvalue weighted by atomic mass is 9.87. The molecule has 1 aliphatic heterocycles. The Balaban J connectivity index is 1.55. The van der Waals surface area contributed by atoms with Gasteiger partial charge in [0.05, 0.1) is 5.75 Å². The quantitative estimate of drug-likeness (QED) is 0.556. The standard InChI is InChI=1S/C21H32N6OS/c1-5-26-12-10-17(11-13-26)23-18(28)14-29-20-25-24-19(27(20)22)15-6-8-16(9-7-15)21(2,3)4/h6-9,17H,5,10-14,22H2,1-4H3,(H,23,28). The first-order valence-corrected chi connectivity index (χ1v) is 11.2. The van der Waals surface area contributed by atoms with Gasteiger partial charge >= 0.3 is 0 Å². The normalized spacial score (nSPS) is 16.1. The minimum absolute atomic E-state index is 0.0176. The van der Waals surface area contributed by atoms with Gasteiger partial charge in [-0.15, -0.1) is 10.2 Å². The average molecular weight is 417 g/mol. The molecule has 0 spiro atoms. The zero-order valence-corrected chi connectivity index (χ0v) is 18.6. The van der Waals surface area contributed by atoms with E-state index >= 15 is 0 Å². The highest BCUT2D eigenvalue weighted by Gasteiger charge is 2.21. The molecule has 1 fully saturated rings. The molecule has 8 heteroatoms. The highest BCUT2D eigenvalue weighted by molar-refractivity contribution is 7.99. The van der Waals surface area contributed by atoms with Gasteiger partial charge in [-0.1, -0.05) is 63.7 Å². The number of piperidine rings is 1. The van der Waals surface area contributed by atoms with Crippen LogP contribution >= 0.6 is 11.8 Å². The van der Waals surface area contributed by atoms with Crippen LogP contribution in [0, 0.1) is 0 Å². The number of nitrogen functional groups attached to an aromatic ring is 1. The highest BCUT2D eigenvalue weighted by atomic mass is 32.2. The van der Waals surface area contributed by atoms with E-state index in [4.69, 9.17) is 5.84 Å². The summed E-state index contributed by atoms with van der Waals surface area (Å²) in [6, 6.07) is 8.47. The minimum atomic E-state index is 0.0176. The van der Waals surface area contributed by atoms with E-state index in [2.05, 4.69) is 60.2 Å². The number of nitrogens with zero attached hydrogens (tertiary/aromatic N) is 4. The first-order valence-electron chi connectivity index (χ1n) is 10.2. The topological polar surface area (TPSA) is 89.1 Å². The van der Waals surface area contributed by atoms with Crippen LogP contribution in [0.4, 0.5) is 0 Å². The molecule has 7 nitrogen and oxygen atoms in total. The summed E-state index contributed by atoms with van der Waals surface area (Å²) in [4.78, 5) is 14.7. The third-order valence-corrected chi connectivity index (χ3v) is 6.35. The van der Waals surface area contributed by atoms with Crippen molar-refractivity contribution >= 4 is 17.7 Å². The Labute approximate surface area is 177 Å². The molecule has 1 amide bonds. The fraction of sp³-hybridized carbons (Fsp3) is 0.571. The summed E-state index contributed by atoms with van der Waals surface area (Å²) < 4.78 is 1.46. The summed E-state index contributed by atoms with van der Waals surface area (Å²) in [5.41, 5.74) is 2.25. The van der Waals surface area contributed by atoms with Gasteiger partial charge in [-0.25, -0.2) is 4.68 Å². The van der Waals surface area contributed by atoms with E-state index in [1.807, 2.05) is 12.1 Å². The fourth-order valence-electron chi connectivity index (χ4n) is 3.48. The van der Waals surface area contributed by atoms with Gasteiger partial charge in [0.2, 0.25) is 11.1 Å². The molecule has 1 aromatic carbocycles. The van der Waals surface area contributed by atoms with Crippen LogP contribution in [0.2, 0.25) is 0 Å². The Morgan fingerprint density at radius 2 is 1.86 bits per heavy atom. The van der Waals surface area contributed by atoms with Crippen LogP contribution in [-0.2, 0) is 10.2 Å². The number of benzene rings is 1. The van der Waals surface area contributed by atoms with Crippen LogP contribution in [0.5, 0.6) is 0 Å². The Bertz CT molecular complexity index is 819. The molecule has 0 saturated carbocycles. The zero-order chi connectivity index (χ0) is 21.0. The number of carbonyl (C=O) groups excluding carboxylic acids is 1. The second-order valence-electron chi connectivity index (χ2n) is 8.57. The number of hydrogen-bond acceptors (Lipinski definition) is 6. The first kappa shape index (κ1) is 21.6. The van der Waals surface area contributed by atoms with E-state index in [1.54, 1.807) is 0 Å². The molecule has 0 radical (unpaired) electrons. The molecule has 0 unspecified atom stereocenters. The maximum atomic E-state index is 12.3. The van der Waals surface area contributed by atoms with Crippen LogP contribution in [0.3, 0.4) is 0 Å². The number of nitrogens with one attached hydrogen (secondary N) is 1. The Morgan fingerprint density at radius 1 is 1.21 bits per heavy atom. The van der Waals surface area contributed by atoms with Gasteiger partial charge in [-0.05, 0) is 30.4 Å². The van der Waals surface area contributed by atoms with Crippen molar-refractivity contribution in [2.24, 2.45) is 0 Å². The molecule has 3 rings (SSSR count). The lowest BCUT2D eigenvalue weighted by Crippen LogP contribution is -2.45. The van der Waals surface area contributed by atoms with Crippen LogP contribution < -0.4 is 11.2 Å². The molecular weight excluding hydrogens is 384 g/mol. The van der Waals surface area contributed by atoms with Gasteiger partial charge in [-0.2, -0.15) is 0 Å². The maximum Gasteiger partial charge on any atom is 0.230 e. The predicted octanol–water partition coefficient (Wildman–Crippen LogP) is 2.65. The lowest BCUT2D eigenvalue weighted by Gasteiger charge is -2.31. The smallest absolute Gasteiger partial charge is 0.230 e. The Hall–Kier alpha value is -2.06. The van der Waals surface area contributed by atoms with E-state index in [9.17, 15) is 4.79 Å². The van der Waals surface area contributed by atoms with E-state index in [-0.39, 0.29) is 23.1 Å². The molecule has 2 heterocycles. The maximum absolute atomic E-state index is 12.3. The molecular formula is C21H32N6OS. The summed E-state index contributed by atoms with van der Waals surface area (Å²) in [5, 5.41) is 12.1. The average Bonchev–Trinajstić information content (AvgIpc) is 3.07. The van der Waals surface area contributed by atoms with Crippen molar-refractivity contribution in [1.82, 2.24) is 25.1 Å². The third kappa shape index (κ3) is 5.51. The highest BCUT2D eigenvalue weighted by Crippen LogP contribution is 2.26. The molecule has 0 atom stereocenters. The number of carbonyl (C=O) groups is 1. The van der Waals surface area contributed by atoms with Crippen molar-refractivity contribution in [3.05, 3.63) is 29.8 Å². The second-order valence-corrected chi connectivity index (χ2v) is 9.51. The number of likely N-dealkylation sites (tertiary alicyclic amines) is 1. The lowest BCUT2D eigenvalue weighted by molar-refractivity contribution is -0.119. The van der Waals surface area contributed by atoms with Crippen LogP contribution in [0.25, 0.3) is 11.4 Å². The van der Waals surface area contributed by atoms with Gasteiger partial charge in [0, 0.05) is 24.7 Å². The van der Waals surface area contributed by atoms with Gasteiger partial charge in [-0.3, -0.25) is 4.79 Å². The van der Waals surface area contributed by atoms with Crippen LogP contribution in [0.1, 0.15) is 46.1 Å². The van der Waals surface area contributed by atoms with Crippen LogP contribution in [0.15, 0.2) is 29.4 Å². The summed E-state index contributed by atoms with van der Waals surface area (Å²) >= 11 is 1.31. The molecule has 0 bridgehead atoms. The number of amides is 1. The summed E-state index contributed by atoms with van der Waals surface area (Å²) in [7, 11) is 0. The van der Waals surface area contributed by atoms with E-state index in [1.165, 1.54) is 22.0 Å². The van der Waals surface area contributed by atoms with E-state index in [0.717, 1.165) is 38.0 Å². The summed E-state index contributed by atoms with van der Waals surface area (Å²) in [6.45, 7) is 11.9. The van der Waals surface area contributed by atoms with Gasteiger partial charge in [0.15, 0.2) is 5.82 Å². The third-order valence-electron chi connectivity index (χ3n) is 5.41. The van der Waals surface area contributed by atoms with Gasteiger partial charge < -0.3 is 16.1 Å². The molecule has 1 aliphatic rings. The SMILES string of the molecule is CCN1CCC(NC(=O)CSc2nnc(-c3ccc(C(C)(C)C)cc3)n2N)CC1. The van der Waals surface area contributed by atoms with E-state index < -0.39 is 0 Å². The Kier molecular flexibility index (Phi) is 6.85. The van der Waals surface area contributed by atoms with Crippen molar-refractivity contribution in [2.75, 3.05) is 31.2 Å². The number of hydrogen-bond donors (Lipinski definition) is 2. The monoisotopic (exact) mass is 416 g/mol. The molecule has 1 aromatic heterocycles. The van der Waals surface area contributed by atoms with Crippen molar-refractivity contribution < 1.29 is 4.79 Å². The van der Waals surface area contributed by atoms with Crippen molar-refractivity contribution in [3.8, 4) is 11.4 Å². The largest absolute Gasteiger partial charge is 0.353 e. The van der Waals surface area contributed by atoms with Gasteiger partial charge in [0.1, 0.15) is 0 Å². The zero-order valence-electron chi connectivity index (χ0n) is 17.8. The minimum Gasteiger partial charge on any atom is -0.353 e. The Morgan fingerprint density at radius 3 is 2.45 bits per heavy atom. The molecule has 0 aliphatic carbocycles. The predicted molar refractivity (Wildman–Crippen MR) is 118 cm³/mol. The first-order chi connectivity index (χ1) is 13.8. The van der Waals surface area contributed by atoms with Crippen molar-refractivity contribution in [2.45, 2.75) is 57.1 Å². The summed E-state index contributed by atoms with van der Waals surface area (Å²) in [6.07, 6.45) is 2.01. The number of rotatable bonds is 6. The second kappa shape index (κ2) is 9.17. The number of nitrogens with two attached hydrogens (primary N) is 1. The molecule has 158 valence electrons. The molecule has 1 saturated heterocycles. The van der Waals surface area contributed by atoms with E-state index in [0.29, 0.717) is 11.0 Å². The molecule has 29 heavy (non-hydrogen) atoms. The molecule has 3 N–H and O–H groups in total. The fourth-order valence-corrected chi connectivity index (χ4v) is 4.15. The van der Waals surface area contributed by atoms with Crippen LogP contribution in [-0.4, -0.2) is 57.1 Å². The van der Waals surface area contributed by atoms with Crippen molar-refractivity contribution in [1.29, 1.82) is 0 Å². The summed E-state index contributed by atoms with van der Waals surface area (Å²) in [5.74, 6) is 7.09. The van der Waals surface area contributed by atoms with Gasteiger partial charge in [0.25, 0.3) is 0 Å². The van der Waals surface area contributed by atoms with Crippen molar-refractivity contribution in [3.63, 3.8) is 0 Å². The molecule has 2 aromatic rings. The number of aromatic nitrogens is 3.